The van der Waals surface area contributed by atoms with Gasteiger partial charge in [0, 0.05) is 11.6 Å². The fourth-order valence-corrected chi connectivity index (χ4v) is 3.20. The van der Waals surface area contributed by atoms with E-state index in [0.717, 1.165) is 14.9 Å². The van der Waals surface area contributed by atoms with E-state index < -0.39 is 0 Å². The second kappa shape index (κ2) is 5.69. The molecule has 2 rings (SSSR count). The average molecular weight is 395 g/mol. The SMILES string of the molecule is COc1cc(F)c(Br)cc1C(N)c1csc(Br)c1. The van der Waals surface area contributed by atoms with Gasteiger partial charge in [0.05, 0.1) is 21.4 Å². The Hall–Kier alpha value is -0.430. The summed E-state index contributed by atoms with van der Waals surface area (Å²) < 4.78 is 20.0. The van der Waals surface area contributed by atoms with Gasteiger partial charge in [-0.3, -0.25) is 0 Å². The quantitative estimate of drug-likeness (QED) is 0.833. The summed E-state index contributed by atoms with van der Waals surface area (Å²) in [6, 6.07) is 4.59. The summed E-state index contributed by atoms with van der Waals surface area (Å²) in [5.41, 5.74) is 7.90. The molecule has 96 valence electrons. The van der Waals surface area contributed by atoms with E-state index in [-0.39, 0.29) is 11.9 Å². The van der Waals surface area contributed by atoms with Crippen molar-refractivity contribution in [2.75, 3.05) is 7.11 Å². The Labute approximate surface area is 125 Å². The van der Waals surface area contributed by atoms with Crippen molar-refractivity contribution in [3.63, 3.8) is 0 Å². The number of ether oxygens (including phenoxy) is 1. The molecule has 1 unspecified atom stereocenters. The number of hydrogen-bond donors (Lipinski definition) is 1. The molecule has 18 heavy (non-hydrogen) atoms. The van der Waals surface area contributed by atoms with Crippen LogP contribution in [0.4, 0.5) is 4.39 Å². The van der Waals surface area contributed by atoms with E-state index in [1.54, 1.807) is 17.4 Å². The van der Waals surface area contributed by atoms with E-state index in [1.807, 2.05) is 11.4 Å². The van der Waals surface area contributed by atoms with Gasteiger partial charge in [-0.15, -0.1) is 11.3 Å². The van der Waals surface area contributed by atoms with Gasteiger partial charge in [-0.25, -0.2) is 4.39 Å². The molecular weight excluding hydrogens is 385 g/mol. The average Bonchev–Trinajstić information content (AvgIpc) is 2.78. The molecular formula is C12H10Br2FNOS. The molecule has 6 heteroatoms. The lowest BCUT2D eigenvalue weighted by Gasteiger charge is -2.15. The molecule has 0 amide bonds. The van der Waals surface area contributed by atoms with Crippen molar-refractivity contribution in [1.82, 2.24) is 0 Å². The molecule has 1 aromatic heterocycles. The second-order valence-electron chi connectivity index (χ2n) is 3.67. The Balaban J connectivity index is 2.46. The van der Waals surface area contributed by atoms with Crippen LogP contribution in [0, 0.1) is 5.82 Å². The van der Waals surface area contributed by atoms with Gasteiger partial charge in [-0.1, -0.05) is 0 Å². The molecule has 2 aromatic rings. The molecule has 1 heterocycles. The summed E-state index contributed by atoms with van der Waals surface area (Å²) in [7, 11) is 1.50. The van der Waals surface area contributed by atoms with Gasteiger partial charge in [0.15, 0.2) is 0 Å². The first-order chi connectivity index (χ1) is 8.52. The monoisotopic (exact) mass is 393 g/mol. The number of hydrogen-bond acceptors (Lipinski definition) is 3. The van der Waals surface area contributed by atoms with E-state index in [4.69, 9.17) is 10.5 Å². The van der Waals surface area contributed by atoms with E-state index in [9.17, 15) is 4.39 Å². The maximum absolute atomic E-state index is 13.4. The van der Waals surface area contributed by atoms with Crippen LogP contribution in [-0.4, -0.2) is 7.11 Å². The van der Waals surface area contributed by atoms with Crippen LogP contribution in [0.15, 0.2) is 31.8 Å². The minimum absolute atomic E-state index is 0.348. The molecule has 0 aliphatic rings. The number of halogens is 3. The third-order valence-corrected chi connectivity index (χ3v) is 4.68. The fraction of sp³-hybridized carbons (Fsp3) is 0.167. The summed E-state index contributed by atoms with van der Waals surface area (Å²) in [5.74, 6) is 0.0832. The zero-order valence-electron chi connectivity index (χ0n) is 9.41. The van der Waals surface area contributed by atoms with Crippen LogP contribution >= 0.6 is 43.2 Å². The summed E-state index contributed by atoms with van der Waals surface area (Å²) in [5, 5.41) is 1.96. The van der Waals surface area contributed by atoms with Gasteiger partial charge in [0.1, 0.15) is 11.6 Å². The van der Waals surface area contributed by atoms with Crippen molar-refractivity contribution < 1.29 is 9.13 Å². The van der Waals surface area contributed by atoms with E-state index in [2.05, 4.69) is 31.9 Å². The number of nitrogens with two attached hydrogens (primary N) is 1. The highest BCUT2D eigenvalue weighted by Gasteiger charge is 2.17. The Kier molecular flexibility index (Phi) is 4.42. The van der Waals surface area contributed by atoms with Crippen LogP contribution in [0.2, 0.25) is 0 Å². The van der Waals surface area contributed by atoms with Crippen LogP contribution in [0.1, 0.15) is 17.2 Å². The molecule has 0 saturated heterocycles. The van der Waals surface area contributed by atoms with Crippen molar-refractivity contribution in [1.29, 1.82) is 0 Å². The number of rotatable bonds is 3. The van der Waals surface area contributed by atoms with Crippen LogP contribution in [-0.2, 0) is 0 Å². The first kappa shape index (κ1) is 14.0. The minimum Gasteiger partial charge on any atom is -0.496 e. The number of methoxy groups -OCH3 is 1. The summed E-state index contributed by atoms with van der Waals surface area (Å²) in [6.45, 7) is 0. The molecule has 1 atom stereocenters. The lowest BCUT2D eigenvalue weighted by Crippen LogP contribution is -2.12. The Morgan fingerprint density at radius 3 is 2.61 bits per heavy atom. The van der Waals surface area contributed by atoms with Crippen LogP contribution < -0.4 is 10.5 Å². The summed E-state index contributed by atoms with van der Waals surface area (Å²) >= 11 is 8.12. The zero-order chi connectivity index (χ0) is 13.3. The van der Waals surface area contributed by atoms with Crippen molar-refractivity contribution in [3.05, 3.63) is 48.8 Å². The highest BCUT2D eigenvalue weighted by Crippen LogP contribution is 2.35. The van der Waals surface area contributed by atoms with Gasteiger partial charge >= 0.3 is 0 Å². The highest BCUT2D eigenvalue weighted by atomic mass is 79.9. The Morgan fingerprint density at radius 2 is 2.06 bits per heavy atom. The summed E-state index contributed by atoms with van der Waals surface area (Å²) in [6.07, 6.45) is 0. The fourth-order valence-electron chi connectivity index (χ4n) is 1.63. The highest BCUT2D eigenvalue weighted by molar-refractivity contribution is 9.11. The molecule has 0 aliphatic carbocycles. The molecule has 0 bridgehead atoms. The van der Waals surface area contributed by atoms with Crippen LogP contribution in [0.5, 0.6) is 5.75 Å². The first-order valence-corrected chi connectivity index (χ1v) is 7.52. The third-order valence-electron chi connectivity index (χ3n) is 2.55. The molecule has 1 aromatic carbocycles. The van der Waals surface area contributed by atoms with Gasteiger partial charge in [-0.2, -0.15) is 0 Å². The largest absolute Gasteiger partial charge is 0.496 e. The smallest absolute Gasteiger partial charge is 0.141 e. The lowest BCUT2D eigenvalue weighted by molar-refractivity contribution is 0.404. The maximum atomic E-state index is 13.4. The molecule has 0 fully saturated rings. The van der Waals surface area contributed by atoms with Crippen molar-refractivity contribution in [2.24, 2.45) is 5.73 Å². The Bertz CT molecular complexity index is 573. The third kappa shape index (κ3) is 2.77. The van der Waals surface area contributed by atoms with Gasteiger partial charge < -0.3 is 10.5 Å². The van der Waals surface area contributed by atoms with Gasteiger partial charge in [0.2, 0.25) is 0 Å². The van der Waals surface area contributed by atoms with E-state index in [1.165, 1.54) is 13.2 Å². The molecule has 2 N–H and O–H groups in total. The van der Waals surface area contributed by atoms with Crippen molar-refractivity contribution in [2.45, 2.75) is 6.04 Å². The molecule has 0 saturated carbocycles. The standard InChI is InChI=1S/C12H10Br2FNOS/c1-17-10-4-9(15)8(13)3-7(10)12(16)6-2-11(14)18-5-6/h2-5,12H,16H2,1H3. The van der Waals surface area contributed by atoms with Crippen molar-refractivity contribution in [3.8, 4) is 5.75 Å². The van der Waals surface area contributed by atoms with Gasteiger partial charge in [0.25, 0.3) is 0 Å². The molecule has 0 radical (unpaired) electrons. The number of benzene rings is 1. The molecule has 0 aliphatic heterocycles. The predicted octanol–water partition coefficient (Wildman–Crippen LogP) is 4.47. The maximum Gasteiger partial charge on any atom is 0.141 e. The van der Waals surface area contributed by atoms with Crippen LogP contribution in [0.25, 0.3) is 0 Å². The molecule has 0 spiro atoms. The predicted molar refractivity (Wildman–Crippen MR) is 78.7 cm³/mol. The first-order valence-electron chi connectivity index (χ1n) is 5.05. The second-order valence-corrected chi connectivity index (χ2v) is 6.81. The topological polar surface area (TPSA) is 35.2 Å². The lowest BCUT2D eigenvalue weighted by atomic mass is 10.0. The minimum atomic E-state index is -0.366. The van der Waals surface area contributed by atoms with E-state index >= 15 is 0 Å². The van der Waals surface area contributed by atoms with E-state index in [0.29, 0.717) is 10.2 Å². The number of thiophene rings is 1. The zero-order valence-corrected chi connectivity index (χ0v) is 13.4. The van der Waals surface area contributed by atoms with Gasteiger partial charge in [-0.05, 0) is 54.9 Å². The Morgan fingerprint density at radius 1 is 1.33 bits per heavy atom. The molecule has 2 nitrogen and oxygen atoms in total. The summed E-state index contributed by atoms with van der Waals surface area (Å²) in [4.78, 5) is 0. The normalized spacial score (nSPS) is 12.5. The van der Waals surface area contributed by atoms with Crippen molar-refractivity contribution >= 4 is 43.2 Å². The van der Waals surface area contributed by atoms with Crippen LogP contribution in [0.3, 0.4) is 0 Å².